The molecule has 0 radical (unpaired) electrons. The Morgan fingerprint density at radius 1 is 1.47 bits per heavy atom. The van der Waals surface area contributed by atoms with E-state index >= 15 is 0 Å². The summed E-state index contributed by atoms with van der Waals surface area (Å²) in [5.74, 6) is -0.226. The summed E-state index contributed by atoms with van der Waals surface area (Å²) >= 11 is 1.13. The summed E-state index contributed by atoms with van der Waals surface area (Å²) in [6.45, 7) is 0.360. The lowest BCUT2D eigenvalue weighted by atomic mass is 10.3. The molecule has 6 nitrogen and oxygen atoms in total. The lowest BCUT2D eigenvalue weighted by molar-refractivity contribution is -0.122. The van der Waals surface area contributed by atoms with Crippen LogP contribution >= 0.6 is 11.9 Å². The van der Waals surface area contributed by atoms with E-state index in [1.165, 1.54) is 0 Å². The Balaban J connectivity index is 3.33. The maximum Gasteiger partial charge on any atom is 0.417 e. The molecule has 0 aliphatic heterocycles. The van der Waals surface area contributed by atoms with E-state index in [1.807, 2.05) is 0 Å². The molecule has 0 aliphatic rings. The summed E-state index contributed by atoms with van der Waals surface area (Å²) in [5, 5.41) is 2.51. The minimum Gasteiger partial charge on any atom is -0.447 e. The summed E-state index contributed by atoms with van der Waals surface area (Å²) in [4.78, 5) is 31.6. The quantitative estimate of drug-likeness (QED) is 0.370. The Labute approximate surface area is 92.3 Å². The first-order valence-electron chi connectivity index (χ1n) is 4.36. The van der Waals surface area contributed by atoms with Gasteiger partial charge in [-0.2, -0.15) is 0 Å². The SMILES string of the molecule is CSNC(=O)OCCNC(=O)CCC=O. The summed E-state index contributed by atoms with van der Waals surface area (Å²) < 4.78 is 7.05. The van der Waals surface area contributed by atoms with Crippen LogP contribution in [0.1, 0.15) is 12.8 Å². The first kappa shape index (κ1) is 13.8. The molecule has 15 heavy (non-hydrogen) atoms. The van der Waals surface area contributed by atoms with Crippen molar-refractivity contribution in [3.63, 3.8) is 0 Å². The van der Waals surface area contributed by atoms with Gasteiger partial charge in [0.15, 0.2) is 0 Å². The van der Waals surface area contributed by atoms with Gasteiger partial charge in [0.2, 0.25) is 5.91 Å². The number of ether oxygens (including phenoxy) is 1. The van der Waals surface area contributed by atoms with Crippen LogP contribution in [0.2, 0.25) is 0 Å². The summed E-state index contributed by atoms with van der Waals surface area (Å²) in [6.07, 6.45) is 2.22. The van der Waals surface area contributed by atoms with Crippen molar-refractivity contribution >= 4 is 30.2 Å². The molecule has 0 aromatic carbocycles. The third kappa shape index (κ3) is 9.07. The van der Waals surface area contributed by atoms with Crippen molar-refractivity contribution in [2.45, 2.75) is 12.8 Å². The van der Waals surface area contributed by atoms with E-state index in [4.69, 9.17) is 0 Å². The number of hydrogen-bond acceptors (Lipinski definition) is 5. The van der Waals surface area contributed by atoms with Gasteiger partial charge in [0, 0.05) is 19.1 Å². The summed E-state index contributed by atoms with van der Waals surface area (Å²) in [7, 11) is 0. The number of nitrogens with one attached hydrogen (secondary N) is 2. The maximum absolute atomic E-state index is 10.9. The Morgan fingerprint density at radius 3 is 2.80 bits per heavy atom. The zero-order valence-corrected chi connectivity index (χ0v) is 9.26. The van der Waals surface area contributed by atoms with E-state index in [-0.39, 0.29) is 31.9 Å². The van der Waals surface area contributed by atoms with Gasteiger partial charge in [-0.3, -0.25) is 9.52 Å². The molecule has 7 heteroatoms. The van der Waals surface area contributed by atoms with E-state index in [0.29, 0.717) is 6.29 Å². The second-order valence-corrected chi connectivity index (χ2v) is 3.11. The fourth-order valence-corrected chi connectivity index (χ4v) is 0.951. The summed E-state index contributed by atoms with van der Waals surface area (Å²) in [5.41, 5.74) is 0. The lowest BCUT2D eigenvalue weighted by Gasteiger charge is -2.05. The van der Waals surface area contributed by atoms with Crippen LogP contribution in [0.5, 0.6) is 0 Å². The molecule has 86 valence electrons. The van der Waals surface area contributed by atoms with Crippen molar-refractivity contribution in [1.82, 2.24) is 10.0 Å². The van der Waals surface area contributed by atoms with Crippen LogP contribution in [-0.2, 0) is 14.3 Å². The Hall–Kier alpha value is -1.24. The molecule has 0 aliphatic carbocycles. The molecule has 0 atom stereocenters. The van der Waals surface area contributed by atoms with E-state index in [1.54, 1.807) is 6.26 Å². The average Bonchev–Trinajstić information content (AvgIpc) is 2.22. The fourth-order valence-electron chi connectivity index (χ4n) is 0.725. The second-order valence-electron chi connectivity index (χ2n) is 2.50. The first-order valence-corrected chi connectivity index (χ1v) is 5.59. The van der Waals surface area contributed by atoms with E-state index in [9.17, 15) is 14.4 Å². The van der Waals surface area contributed by atoms with Crippen LogP contribution in [-0.4, -0.2) is 37.7 Å². The molecule has 0 fully saturated rings. The highest BCUT2D eigenvalue weighted by molar-refractivity contribution is 7.97. The minimum absolute atomic E-state index is 0.110. The predicted octanol–water partition coefficient (Wildman–Crippen LogP) is 0.0859. The zero-order valence-electron chi connectivity index (χ0n) is 8.45. The molecular weight excluding hydrogens is 220 g/mol. The van der Waals surface area contributed by atoms with Crippen molar-refractivity contribution in [1.29, 1.82) is 0 Å². The molecule has 0 aromatic rings. The normalized spacial score (nSPS) is 9.13. The molecular formula is C8H14N2O4S. The van der Waals surface area contributed by atoms with Crippen LogP contribution in [0.4, 0.5) is 4.79 Å². The van der Waals surface area contributed by atoms with Crippen molar-refractivity contribution in [2.75, 3.05) is 19.4 Å². The molecule has 0 bridgehead atoms. The minimum atomic E-state index is -0.537. The van der Waals surface area contributed by atoms with Crippen LogP contribution in [0.3, 0.4) is 0 Å². The Bertz CT molecular complexity index is 223. The molecule has 2 amide bonds. The van der Waals surface area contributed by atoms with Crippen molar-refractivity contribution in [2.24, 2.45) is 0 Å². The second kappa shape index (κ2) is 9.32. The highest BCUT2D eigenvalue weighted by Crippen LogP contribution is 1.86. The molecule has 0 saturated carbocycles. The Kier molecular flexibility index (Phi) is 8.55. The van der Waals surface area contributed by atoms with E-state index in [0.717, 1.165) is 11.9 Å². The van der Waals surface area contributed by atoms with Crippen molar-refractivity contribution in [3.8, 4) is 0 Å². The van der Waals surface area contributed by atoms with Crippen LogP contribution in [0.25, 0.3) is 0 Å². The maximum atomic E-state index is 10.9. The largest absolute Gasteiger partial charge is 0.447 e. The van der Waals surface area contributed by atoms with Gasteiger partial charge in [0.05, 0.1) is 6.54 Å². The van der Waals surface area contributed by atoms with E-state index < -0.39 is 6.09 Å². The van der Waals surface area contributed by atoms with Crippen LogP contribution in [0, 0.1) is 0 Å². The molecule has 0 heterocycles. The smallest absolute Gasteiger partial charge is 0.417 e. The molecule has 0 rings (SSSR count). The van der Waals surface area contributed by atoms with Crippen LogP contribution in [0.15, 0.2) is 0 Å². The first-order chi connectivity index (χ1) is 7.20. The fraction of sp³-hybridized carbons (Fsp3) is 0.625. The standard InChI is InChI=1S/C8H14N2O4S/c1-15-10-8(13)14-6-4-9-7(12)3-2-5-11/h5H,2-4,6H2,1H3,(H,9,12)(H,10,13). The number of hydrogen-bond donors (Lipinski definition) is 2. The van der Waals surface area contributed by atoms with Gasteiger partial charge in [-0.05, 0) is 0 Å². The van der Waals surface area contributed by atoms with Gasteiger partial charge in [0.1, 0.15) is 12.9 Å². The number of carbonyl (C=O) groups excluding carboxylic acids is 3. The van der Waals surface area contributed by atoms with Gasteiger partial charge in [-0.25, -0.2) is 4.79 Å². The van der Waals surface area contributed by atoms with Gasteiger partial charge in [0.25, 0.3) is 0 Å². The van der Waals surface area contributed by atoms with Crippen molar-refractivity contribution < 1.29 is 19.1 Å². The number of aldehydes is 1. The Morgan fingerprint density at radius 2 is 2.20 bits per heavy atom. The molecule has 0 aromatic heterocycles. The lowest BCUT2D eigenvalue weighted by Crippen LogP contribution is -2.29. The van der Waals surface area contributed by atoms with Gasteiger partial charge < -0.3 is 14.8 Å². The van der Waals surface area contributed by atoms with E-state index in [2.05, 4.69) is 14.8 Å². The highest BCUT2D eigenvalue weighted by atomic mass is 32.2. The molecule has 0 saturated heterocycles. The third-order valence-electron chi connectivity index (χ3n) is 1.33. The highest BCUT2D eigenvalue weighted by Gasteiger charge is 2.01. The average molecular weight is 234 g/mol. The summed E-state index contributed by atoms with van der Waals surface area (Å²) in [6, 6.07) is 0. The molecule has 0 spiro atoms. The van der Waals surface area contributed by atoms with Gasteiger partial charge in [-0.1, -0.05) is 11.9 Å². The molecule has 2 N–H and O–H groups in total. The van der Waals surface area contributed by atoms with Crippen molar-refractivity contribution in [3.05, 3.63) is 0 Å². The zero-order chi connectivity index (χ0) is 11.5. The number of carbonyl (C=O) groups is 3. The monoisotopic (exact) mass is 234 g/mol. The van der Waals surface area contributed by atoms with Gasteiger partial charge in [-0.15, -0.1) is 0 Å². The van der Waals surface area contributed by atoms with Crippen LogP contribution < -0.4 is 10.0 Å². The number of rotatable bonds is 7. The predicted molar refractivity (Wildman–Crippen MR) is 56.3 cm³/mol. The third-order valence-corrected chi connectivity index (χ3v) is 1.70. The topological polar surface area (TPSA) is 84.5 Å². The number of amides is 2. The molecule has 0 unspecified atom stereocenters. The van der Waals surface area contributed by atoms with Gasteiger partial charge >= 0.3 is 6.09 Å².